The zero-order valence-electron chi connectivity index (χ0n) is 40.1. The van der Waals surface area contributed by atoms with Crippen LogP contribution >= 0.6 is 0 Å². The van der Waals surface area contributed by atoms with Crippen LogP contribution in [0.5, 0.6) is 0 Å². The summed E-state index contributed by atoms with van der Waals surface area (Å²) < 4.78 is 16.7. The Kier molecular flexibility index (Phi) is 47.0. The summed E-state index contributed by atoms with van der Waals surface area (Å²) in [5, 5.41) is 0. The van der Waals surface area contributed by atoms with Gasteiger partial charge in [0.05, 0.1) is 0 Å². The first-order chi connectivity index (χ1) is 30.5. The van der Waals surface area contributed by atoms with Crippen molar-refractivity contribution >= 4 is 17.9 Å². The third-order valence-corrected chi connectivity index (χ3v) is 10.4. The number of carbonyl (C=O) groups excluding carboxylic acids is 3. The summed E-state index contributed by atoms with van der Waals surface area (Å²) in [4.78, 5) is 37.9. The van der Waals surface area contributed by atoms with Crippen molar-refractivity contribution in [3.05, 3.63) is 97.2 Å². The van der Waals surface area contributed by atoms with Gasteiger partial charge in [0, 0.05) is 19.3 Å². The molecule has 6 heteroatoms. The lowest BCUT2D eigenvalue weighted by atomic mass is 10.1. The van der Waals surface area contributed by atoms with Gasteiger partial charge in [0.1, 0.15) is 13.2 Å². The van der Waals surface area contributed by atoms with Gasteiger partial charge in [-0.05, 0) is 96.3 Å². The molecule has 0 amide bonds. The Bertz CT molecular complexity index is 1260. The molecule has 0 radical (unpaired) electrons. The Morgan fingerprint density at radius 3 is 1.21 bits per heavy atom. The molecule has 0 fully saturated rings. The molecule has 0 saturated heterocycles. The fourth-order valence-corrected chi connectivity index (χ4v) is 6.64. The second kappa shape index (κ2) is 50.0. The number of rotatable bonds is 44. The monoisotopic (exact) mass is 861 g/mol. The quantitative estimate of drug-likeness (QED) is 0.0200. The number of unbranched alkanes of at least 4 members (excludes halogenated alkanes) is 20. The molecule has 0 aliphatic heterocycles. The van der Waals surface area contributed by atoms with Crippen LogP contribution in [0.2, 0.25) is 0 Å². The van der Waals surface area contributed by atoms with E-state index in [9.17, 15) is 14.4 Å². The topological polar surface area (TPSA) is 78.9 Å². The molecule has 0 aliphatic rings. The van der Waals surface area contributed by atoms with E-state index in [-0.39, 0.29) is 31.1 Å². The molecule has 0 bridgehead atoms. The van der Waals surface area contributed by atoms with Gasteiger partial charge in [-0.3, -0.25) is 14.4 Å². The van der Waals surface area contributed by atoms with E-state index in [0.29, 0.717) is 19.3 Å². The van der Waals surface area contributed by atoms with Crippen LogP contribution in [0.25, 0.3) is 0 Å². The average Bonchev–Trinajstić information content (AvgIpc) is 3.27. The Morgan fingerprint density at radius 1 is 0.355 bits per heavy atom. The van der Waals surface area contributed by atoms with Crippen molar-refractivity contribution in [2.24, 2.45) is 0 Å². The van der Waals surface area contributed by atoms with Gasteiger partial charge in [-0.2, -0.15) is 0 Å². The van der Waals surface area contributed by atoms with Gasteiger partial charge in [0.2, 0.25) is 0 Å². The van der Waals surface area contributed by atoms with Crippen molar-refractivity contribution in [3.63, 3.8) is 0 Å². The zero-order valence-corrected chi connectivity index (χ0v) is 40.1. The Labute approximate surface area is 381 Å². The highest BCUT2D eigenvalue weighted by atomic mass is 16.6. The minimum absolute atomic E-state index is 0.100. The third-order valence-electron chi connectivity index (χ3n) is 10.4. The maximum Gasteiger partial charge on any atom is 0.306 e. The molecule has 0 aromatic heterocycles. The highest BCUT2D eigenvalue weighted by molar-refractivity contribution is 5.71. The molecule has 62 heavy (non-hydrogen) atoms. The lowest BCUT2D eigenvalue weighted by Crippen LogP contribution is -2.30. The highest BCUT2D eigenvalue weighted by Gasteiger charge is 2.19. The average molecular weight is 861 g/mol. The summed E-state index contributed by atoms with van der Waals surface area (Å²) >= 11 is 0. The Hall–Kier alpha value is -3.67. The van der Waals surface area contributed by atoms with Gasteiger partial charge in [-0.25, -0.2) is 0 Å². The van der Waals surface area contributed by atoms with E-state index in [1.807, 2.05) is 36.5 Å². The van der Waals surface area contributed by atoms with Crippen molar-refractivity contribution in [1.29, 1.82) is 0 Å². The van der Waals surface area contributed by atoms with E-state index >= 15 is 0 Å². The summed E-state index contributed by atoms with van der Waals surface area (Å²) in [6.45, 7) is 6.31. The molecular weight excluding hydrogens is 769 g/mol. The Morgan fingerprint density at radius 2 is 0.710 bits per heavy atom. The van der Waals surface area contributed by atoms with Crippen LogP contribution in [0.15, 0.2) is 97.2 Å². The summed E-state index contributed by atoms with van der Waals surface area (Å²) in [6, 6.07) is 0. The molecule has 1 unspecified atom stereocenters. The van der Waals surface area contributed by atoms with Gasteiger partial charge in [0.25, 0.3) is 0 Å². The minimum Gasteiger partial charge on any atom is -0.462 e. The normalized spacial score (nSPS) is 12.9. The maximum atomic E-state index is 12.8. The van der Waals surface area contributed by atoms with Crippen LogP contribution in [-0.2, 0) is 28.6 Å². The van der Waals surface area contributed by atoms with Gasteiger partial charge < -0.3 is 14.2 Å². The van der Waals surface area contributed by atoms with Crippen molar-refractivity contribution in [2.45, 2.75) is 226 Å². The van der Waals surface area contributed by atoms with Crippen LogP contribution in [0.3, 0.4) is 0 Å². The van der Waals surface area contributed by atoms with Crippen molar-refractivity contribution in [1.82, 2.24) is 0 Å². The molecule has 0 aromatic carbocycles. The number of hydrogen-bond acceptors (Lipinski definition) is 6. The third kappa shape index (κ3) is 47.4. The molecule has 0 rings (SSSR count). The lowest BCUT2D eigenvalue weighted by molar-refractivity contribution is -0.167. The van der Waals surface area contributed by atoms with Crippen LogP contribution < -0.4 is 0 Å². The van der Waals surface area contributed by atoms with E-state index in [2.05, 4.69) is 81.5 Å². The SMILES string of the molecule is CC\C=C/C=C\C=C/C=C\CCCCCC(=O)OCC(COC(=O)CCCCCCCC/C=C\C/C=C\C/C=C\CC)OC(=O)CCCCCCCCC/C=C\CCCCCC. The largest absolute Gasteiger partial charge is 0.462 e. The molecule has 0 aliphatic carbocycles. The molecule has 0 saturated carbocycles. The fourth-order valence-electron chi connectivity index (χ4n) is 6.64. The standard InChI is InChI=1S/C56H92O6/c1-4-7-10-13-16-19-22-25-27-29-31-34-37-40-43-46-49-55(58)61-52-53(51-60-54(57)48-45-42-39-36-33-30-24-21-18-15-12-9-6-3)62-56(59)50-47-44-41-38-35-32-28-26-23-20-17-14-11-8-5-2/h7,9-10,12,15-16,18-21,23-25,27,30,33,53H,4-6,8,11,13-14,17,22,26,28-29,31-32,34-52H2,1-3H3/b10-7-,12-9-,18-15-,19-16-,23-20-,24-21-,27-25-,33-30-. The molecular formula is C56H92O6. The smallest absolute Gasteiger partial charge is 0.306 e. The van der Waals surface area contributed by atoms with Crippen molar-refractivity contribution in [3.8, 4) is 0 Å². The first-order valence-corrected chi connectivity index (χ1v) is 25.3. The fraction of sp³-hybridized carbons (Fsp3) is 0.661. The predicted octanol–water partition coefficient (Wildman–Crippen LogP) is 16.6. The molecule has 352 valence electrons. The molecule has 6 nitrogen and oxygen atoms in total. The summed E-state index contributed by atoms with van der Waals surface area (Å²) in [7, 11) is 0. The summed E-state index contributed by atoms with van der Waals surface area (Å²) in [6.07, 6.45) is 65.3. The van der Waals surface area contributed by atoms with E-state index in [0.717, 1.165) is 103 Å². The van der Waals surface area contributed by atoms with E-state index in [1.165, 1.54) is 77.0 Å². The van der Waals surface area contributed by atoms with Gasteiger partial charge >= 0.3 is 17.9 Å². The molecule has 0 spiro atoms. The summed E-state index contributed by atoms with van der Waals surface area (Å²) in [5.41, 5.74) is 0. The lowest BCUT2D eigenvalue weighted by Gasteiger charge is -2.18. The van der Waals surface area contributed by atoms with Gasteiger partial charge in [-0.15, -0.1) is 0 Å². The molecule has 1 atom stereocenters. The molecule has 0 heterocycles. The van der Waals surface area contributed by atoms with Gasteiger partial charge in [0.15, 0.2) is 6.10 Å². The number of ether oxygens (including phenoxy) is 3. The number of carbonyl (C=O) groups is 3. The second-order valence-electron chi connectivity index (χ2n) is 16.4. The van der Waals surface area contributed by atoms with E-state index < -0.39 is 6.10 Å². The number of hydrogen-bond donors (Lipinski definition) is 0. The van der Waals surface area contributed by atoms with Crippen molar-refractivity contribution < 1.29 is 28.6 Å². The van der Waals surface area contributed by atoms with Crippen molar-refractivity contribution in [2.75, 3.05) is 13.2 Å². The zero-order chi connectivity index (χ0) is 45.1. The molecule has 0 aromatic rings. The summed E-state index contributed by atoms with van der Waals surface area (Å²) in [5.74, 6) is -0.961. The number of allylic oxidation sites excluding steroid dienone is 16. The molecule has 0 N–H and O–H groups in total. The number of esters is 3. The van der Waals surface area contributed by atoms with Crippen LogP contribution in [-0.4, -0.2) is 37.2 Å². The van der Waals surface area contributed by atoms with E-state index in [1.54, 1.807) is 0 Å². The van der Waals surface area contributed by atoms with Crippen LogP contribution in [0.1, 0.15) is 220 Å². The van der Waals surface area contributed by atoms with E-state index in [4.69, 9.17) is 14.2 Å². The van der Waals surface area contributed by atoms with Gasteiger partial charge in [-0.1, -0.05) is 201 Å². The maximum absolute atomic E-state index is 12.8. The van der Waals surface area contributed by atoms with Crippen LogP contribution in [0, 0.1) is 0 Å². The highest BCUT2D eigenvalue weighted by Crippen LogP contribution is 2.14. The Balaban J connectivity index is 4.47. The first kappa shape index (κ1) is 58.3. The minimum atomic E-state index is -0.801. The second-order valence-corrected chi connectivity index (χ2v) is 16.4. The first-order valence-electron chi connectivity index (χ1n) is 25.3. The predicted molar refractivity (Wildman–Crippen MR) is 265 cm³/mol. The van der Waals surface area contributed by atoms with Crippen LogP contribution in [0.4, 0.5) is 0 Å².